The van der Waals surface area contributed by atoms with Crippen molar-refractivity contribution < 1.29 is 4.39 Å². The molecule has 0 saturated carbocycles. The Labute approximate surface area is 113 Å². The highest BCUT2D eigenvalue weighted by atomic mass is 19.1. The van der Waals surface area contributed by atoms with Gasteiger partial charge in [0.2, 0.25) is 0 Å². The van der Waals surface area contributed by atoms with Crippen LogP contribution >= 0.6 is 0 Å². The maximum Gasteiger partial charge on any atom is 0.147 e. The van der Waals surface area contributed by atoms with Gasteiger partial charge in [0.15, 0.2) is 0 Å². The lowest BCUT2D eigenvalue weighted by Gasteiger charge is -2.25. The van der Waals surface area contributed by atoms with Crippen molar-refractivity contribution in [2.24, 2.45) is 5.73 Å². The van der Waals surface area contributed by atoms with E-state index < -0.39 is 0 Å². The molecule has 2 N–H and O–H groups in total. The van der Waals surface area contributed by atoms with Crippen LogP contribution in [-0.4, -0.2) is 7.05 Å². The molecular formula is C16H19FN2. The van der Waals surface area contributed by atoms with Crippen molar-refractivity contribution in [1.82, 2.24) is 0 Å². The number of para-hydroxylation sites is 1. The van der Waals surface area contributed by atoms with Crippen molar-refractivity contribution in [2.75, 3.05) is 11.9 Å². The first kappa shape index (κ1) is 13.6. The van der Waals surface area contributed by atoms with Gasteiger partial charge in [-0.25, -0.2) is 4.39 Å². The molecule has 0 amide bonds. The molecule has 19 heavy (non-hydrogen) atoms. The normalized spacial score (nSPS) is 12.3. The number of benzene rings is 2. The van der Waals surface area contributed by atoms with Gasteiger partial charge in [-0.15, -0.1) is 0 Å². The van der Waals surface area contributed by atoms with Crippen LogP contribution in [0.25, 0.3) is 0 Å². The topological polar surface area (TPSA) is 29.3 Å². The zero-order valence-corrected chi connectivity index (χ0v) is 11.5. The van der Waals surface area contributed by atoms with Gasteiger partial charge < -0.3 is 10.6 Å². The predicted octanol–water partition coefficient (Wildman–Crippen LogP) is 3.92. The zero-order chi connectivity index (χ0) is 14.0. The Hall–Kier alpha value is -1.87. The van der Waals surface area contributed by atoms with E-state index >= 15 is 0 Å². The Kier molecular flexibility index (Phi) is 3.86. The van der Waals surface area contributed by atoms with E-state index in [0.717, 1.165) is 16.8 Å². The van der Waals surface area contributed by atoms with E-state index in [9.17, 15) is 4.39 Å². The molecule has 0 heterocycles. The molecule has 0 aromatic heterocycles. The van der Waals surface area contributed by atoms with Gasteiger partial charge in [-0.1, -0.05) is 24.3 Å². The molecule has 0 aliphatic rings. The molecule has 0 bridgehead atoms. The van der Waals surface area contributed by atoms with Gasteiger partial charge in [-0.05, 0) is 43.2 Å². The molecular weight excluding hydrogens is 239 g/mol. The van der Waals surface area contributed by atoms with E-state index in [1.54, 1.807) is 6.07 Å². The molecule has 0 aliphatic heterocycles. The van der Waals surface area contributed by atoms with Crippen LogP contribution in [0.15, 0.2) is 42.5 Å². The van der Waals surface area contributed by atoms with Gasteiger partial charge in [0.1, 0.15) is 5.82 Å². The van der Waals surface area contributed by atoms with Crippen molar-refractivity contribution >= 4 is 11.4 Å². The fourth-order valence-electron chi connectivity index (χ4n) is 2.22. The number of rotatable bonds is 3. The van der Waals surface area contributed by atoms with Crippen molar-refractivity contribution in [1.29, 1.82) is 0 Å². The van der Waals surface area contributed by atoms with Crippen LogP contribution in [0.2, 0.25) is 0 Å². The number of nitrogens with two attached hydrogens (primary N) is 1. The third kappa shape index (κ3) is 2.76. The average molecular weight is 258 g/mol. The van der Waals surface area contributed by atoms with Crippen LogP contribution in [0.1, 0.15) is 24.1 Å². The van der Waals surface area contributed by atoms with Crippen LogP contribution in [0.5, 0.6) is 0 Å². The van der Waals surface area contributed by atoms with Crippen LogP contribution in [-0.2, 0) is 0 Å². The Bertz CT molecular complexity index is 579. The van der Waals surface area contributed by atoms with E-state index in [4.69, 9.17) is 5.73 Å². The highest BCUT2D eigenvalue weighted by Crippen LogP contribution is 2.32. The van der Waals surface area contributed by atoms with Crippen LogP contribution < -0.4 is 10.6 Å². The summed E-state index contributed by atoms with van der Waals surface area (Å²) in [5, 5.41) is 0. The summed E-state index contributed by atoms with van der Waals surface area (Å²) in [6.07, 6.45) is 0. The molecule has 100 valence electrons. The van der Waals surface area contributed by atoms with Crippen LogP contribution in [0.4, 0.5) is 15.8 Å². The molecule has 2 aromatic carbocycles. The Morgan fingerprint density at radius 2 is 1.84 bits per heavy atom. The molecule has 1 unspecified atom stereocenters. The van der Waals surface area contributed by atoms with Gasteiger partial charge in [0.05, 0.1) is 5.69 Å². The van der Waals surface area contributed by atoms with E-state index in [2.05, 4.69) is 0 Å². The third-order valence-electron chi connectivity index (χ3n) is 3.23. The number of anilines is 2. The quantitative estimate of drug-likeness (QED) is 0.904. The second-order valence-corrected chi connectivity index (χ2v) is 4.86. The minimum Gasteiger partial charge on any atom is -0.342 e. The molecule has 0 radical (unpaired) electrons. The summed E-state index contributed by atoms with van der Waals surface area (Å²) < 4.78 is 14.1. The summed E-state index contributed by atoms with van der Waals surface area (Å²) in [6, 6.07) is 12.8. The predicted molar refractivity (Wildman–Crippen MR) is 78.2 cm³/mol. The van der Waals surface area contributed by atoms with E-state index in [-0.39, 0.29) is 11.9 Å². The summed E-state index contributed by atoms with van der Waals surface area (Å²) in [4.78, 5) is 1.85. The van der Waals surface area contributed by atoms with Gasteiger partial charge in [0.25, 0.3) is 0 Å². The maximum absolute atomic E-state index is 14.1. The average Bonchev–Trinajstić information content (AvgIpc) is 2.37. The largest absolute Gasteiger partial charge is 0.342 e. The van der Waals surface area contributed by atoms with Gasteiger partial charge in [-0.2, -0.15) is 0 Å². The molecule has 2 aromatic rings. The second-order valence-electron chi connectivity index (χ2n) is 4.86. The monoisotopic (exact) mass is 258 g/mol. The maximum atomic E-state index is 14.1. The van der Waals surface area contributed by atoms with Gasteiger partial charge in [0, 0.05) is 18.8 Å². The lowest BCUT2D eigenvalue weighted by molar-refractivity contribution is 0.622. The molecule has 2 rings (SSSR count). The van der Waals surface area contributed by atoms with Gasteiger partial charge >= 0.3 is 0 Å². The summed E-state index contributed by atoms with van der Waals surface area (Å²) in [7, 11) is 1.86. The summed E-state index contributed by atoms with van der Waals surface area (Å²) in [5.74, 6) is -0.251. The lowest BCUT2D eigenvalue weighted by atomic mass is 10.0. The van der Waals surface area contributed by atoms with E-state index in [1.165, 1.54) is 6.07 Å². The van der Waals surface area contributed by atoms with Crippen LogP contribution in [0.3, 0.4) is 0 Å². The smallest absolute Gasteiger partial charge is 0.147 e. The highest BCUT2D eigenvalue weighted by Gasteiger charge is 2.16. The van der Waals surface area contributed by atoms with E-state index in [1.807, 2.05) is 56.1 Å². The van der Waals surface area contributed by atoms with Gasteiger partial charge in [-0.3, -0.25) is 0 Å². The summed E-state index contributed by atoms with van der Waals surface area (Å²) in [5.41, 5.74) is 9.38. The number of aryl methyl sites for hydroxylation is 1. The zero-order valence-electron chi connectivity index (χ0n) is 11.5. The molecule has 3 heteroatoms. The molecule has 0 spiro atoms. The van der Waals surface area contributed by atoms with Crippen molar-refractivity contribution in [3.05, 3.63) is 59.4 Å². The Morgan fingerprint density at radius 3 is 2.47 bits per heavy atom. The number of halogens is 1. The lowest BCUT2D eigenvalue weighted by Crippen LogP contribution is -2.17. The standard InChI is InChI=1S/C16H19FN2/c1-11-6-4-7-13(10-11)19(3)16-14(12(2)18)8-5-9-15(16)17/h4-10,12H,18H2,1-3H3. The van der Waals surface area contributed by atoms with Crippen molar-refractivity contribution in [3.8, 4) is 0 Å². The SMILES string of the molecule is Cc1cccc(N(C)c2c(F)cccc2C(C)N)c1. The summed E-state index contributed by atoms with van der Waals surface area (Å²) >= 11 is 0. The molecule has 0 saturated heterocycles. The first-order valence-electron chi connectivity index (χ1n) is 6.35. The third-order valence-corrected chi connectivity index (χ3v) is 3.23. The van der Waals surface area contributed by atoms with Crippen LogP contribution in [0, 0.1) is 12.7 Å². The molecule has 0 aliphatic carbocycles. The number of nitrogens with zero attached hydrogens (tertiary/aromatic N) is 1. The van der Waals surface area contributed by atoms with E-state index in [0.29, 0.717) is 5.69 Å². The molecule has 0 fully saturated rings. The molecule has 2 nitrogen and oxygen atoms in total. The summed E-state index contributed by atoms with van der Waals surface area (Å²) in [6.45, 7) is 3.88. The second kappa shape index (κ2) is 5.41. The minimum absolute atomic E-state index is 0.210. The fourth-order valence-corrected chi connectivity index (χ4v) is 2.22. The first-order chi connectivity index (χ1) is 9.00. The number of hydrogen-bond donors (Lipinski definition) is 1. The minimum atomic E-state index is -0.251. The fraction of sp³-hybridized carbons (Fsp3) is 0.250. The highest BCUT2D eigenvalue weighted by molar-refractivity contribution is 5.67. The molecule has 1 atom stereocenters. The first-order valence-corrected chi connectivity index (χ1v) is 6.35. The van der Waals surface area contributed by atoms with Crippen molar-refractivity contribution in [2.45, 2.75) is 19.9 Å². The van der Waals surface area contributed by atoms with Crippen molar-refractivity contribution in [3.63, 3.8) is 0 Å². The Balaban J connectivity index is 2.52. The number of hydrogen-bond acceptors (Lipinski definition) is 2. The Morgan fingerprint density at radius 1 is 1.16 bits per heavy atom.